The molecular weight excluding hydrogens is 252 g/mol. The summed E-state index contributed by atoms with van der Waals surface area (Å²) in [5.74, 6) is 1.77. The molecule has 1 aromatic carbocycles. The SMILES string of the molecule is C=C(N)/N=C\C(=C)OCCCc1ccc2c(c1)OCC2. The number of benzene rings is 1. The van der Waals surface area contributed by atoms with Crippen LogP contribution in [0.4, 0.5) is 0 Å². The van der Waals surface area contributed by atoms with Crippen molar-refractivity contribution >= 4 is 6.21 Å². The van der Waals surface area contributed by atoms with Crippen molar-refractivity contribution in [3.8, 4) is 5.75 Å². The molecule has 0 amide bonds. The number of nitrogens with two attached hydrogens (primary N) is 1. The molecule has 20 heavy (non-hydrogen) atoms. The highest BCUT2D eigenvalue weighted by Gasteiger charge is 2.11. The van der Waals surface area contributed by atoms with E-state index in [9.17, 15) is 0 Å². The number of nitrogens with zero attached hydrogens (tertiary/aromatic N) is 1. The molecule has 1 heterocycles. The molecule has 0 saturated heterocycles. The molecular formula is C16H20N2O2. The van der Waals surface area contributed by atoms with Crippen molar-refractivity contribution in [1.29, 1.82) is 0 Å². The summed E-state index contributed by atoms with van der Waals surface area (Å²) in [4.78, 5) is 3.82. The highest BCUT2D eigenvalue weighted by molar-refractivity contribution is 5.75. The van der Waals surface area contributed by atoms with E-state index in [2.05, 4.69) is 36.3 Å². The Kier molecular flexibility index (Phi) is 4.82. The van der Waals surface area contributed by atoms with Crippen molar-refractivity contribution in [3.63, 3.8) is 0 Å². The van der Waals surface area contributed by atoms with Gasteiger partial charge in [-0.25, -0.2) is 4.99 Å². The Morgan fingerprint density at radius 1 is 1.45 bits per heavy atom. The Hall–Kier alpha value is -2.23. The van der Waals surface area contributed by atoms with Gasteiger partial charge in [-0.05, 0) is 30.0 Å². The summed E-state index contributed by atoms with van der Waals surface area (Å²) in [6.45, 7) is 8.59. The van der Waals surface area contributed by atoms with Crippen LogP contribution in [0.25, 0.3) is 0 Å². The predicted molar refractivity (Wildman–Crippen MR) is 80.9 cm³/mol. The van der Waals surface area contributed by atoms with Gasteiger partial charge in [0.15, 0.2) is 0 Å². The second-order valence-electron chi connectivity index (χ2n) is 4.71. The number of hydrogen-bond acceptors (Lipinski definition) is 4. The van der Waals surface area contributed by atoms with Crippen molar-refractivity contribution in [2.75, 3.05) is 13.2 Å². The van der Waals surface area contributed by atoms with E-state index >= 15 is 0 Å². The molecule has 0 aliphatic carbocycles. The number of hydrogen-bond donors (Lipinski definition) is 1. The first-order chi connectivity index (χ1) is 9.65. The number of aryl methyl sites for hydroxylation is 1. The minimum atomic E-state index is 0.243. The Morgan fingerprint density at radius 3 is 3.10 bits per heavy atom. The van der Waals surface area contributed by atoms with Crippen molar-refractivity contribution in [2.24, 2.45) is 10.7 Å². The van der Waals surface area contributed by atoms with Gasteiger partial charge in [-0.15, -0.1) is 0 Å². The van der Waals surface area contributed by atoms with Gasteiger partial charge in [0, 0.05) is 6.42 Å². The Bertz CT molecular complexity index is 535. The zero-order valence-corrected chi connectivity index (χ0v) is 11.6. The average molecular weight is 272 g/mol. The summed E-state index contributed by atoms with van der Waals surface area (Å²) in [5, 5.41) is 0. The van der Waals surface area contributed by atoms with Crippen LogP contribution in [0, 0.1) is 0 Å². The van der Waals surface area contributed by atoms with E-state index in [0.717, 1.165) is 31.6 Å². The first-order valence-corrected chi connectivity index (χ1v) is 6.70. The van der Waals surface area contributed by atoms with Crippen LogP contribution in [0.3, 0.4) is 0 Å². The maximum absolute atomic E-state index is 5.56. The van der Waals surface area contributed by atoms with Gasteiger partial charge in [-0.2, -0.15) is 0 Å². The largest absolute Gasteiger partial charge is 0.493 e. The van der Waals surface area contributed by atoms with Gasteiger partial charge in [-0.3, -0.25) is 0 Å². The molecule has 0 fully saturated rings. The van der Waals surface area contributed by atoms with E-state index in [0.29, 0.717) is 12.4 Å². The molecule has 0 radical (unpaired) electrons. The summed E-state index contributed by atoms with van der Waals surface area (Å²) in [5.41, 5.74) is 7.89. The van der Waals surface area contributed by atoms with Crippen LogP contribution in [-0.2, 0) is 17.6 Å². The van der Waals surface area contributed by atoms with Crippen molar-refractivity contribution in [1.82, 2.24) is 0 Å². The molecule has 1 aliphatic heterocycles. The quantitative estimate of drug-likeness (QED) is 0.471. The zero-order chi connectivity index (χ0) is 14.4. The van der Waals surface area contributed by atoms with E-state index in [1.165, 1.54) is 17.3 Å². The predicted octanol–water partition coefficient (Wildman–Crippen LogP) is 2.59. The fourth-order valence-electron chi connectivity index (χ4n) is 2.04. The lowest BCUT2D eigenvalue weighted by Gasteiger charge is -2.06. The van der Waals surface area contributed by atoms with Crippen LogP contribution in [0.2, 0.25) is 0 Å². The minimum Gasteiger partial charge on any atom is -0.493 e. The lowest BCUT2D eigenvalue weighted by atomic mass is 10.1. The maximum atomic E-state index is 5.56. The standard InChI is InChI=1S/C16H20N2O2/c1-12(11-18-13(2)17)19-8-3-4-14-5-6-15-7-9-20-16(15)10-14/h5-6,10-11H,1-4,7-9,17H2/b18-11-. The molecule has 0 bridgehead atoms. The van der Waals surface area contributed by atoms with Crippen LogP contribution in [-0.4, -0.2) is 19.4 Å². The van der Waals surface area contributed by atoms with Gasteiger partial charge in [0.05, 0.1) is 19.4 Å². The molecule has 0 unspecified atom stereocenters. The van der Waals surface area contributed by atoms with Crippen molar-refractivity contribution in [2.45, 2.75) is 19.3 Å². The summed E-state index contributed by atoms with van der Waals surface area (Å²) in [6.07, 6.45) is 4.36. The van der Waals surface area contributed by atoms with Crippen LogP contribution in [0.1, 0.15) is 17.5 Å². The molecule has 106 valence electrons. The first-order valence-electron chi connectivity index (χ1n) is 6.70. The summed E-state index contributed by atoms with van der Waals surface area (Å²) < 4.78 is 11.0. The average Bonchev–Trinajstić information content (AvgIpc) is 2.88. The highest BCUT2D eigenvalue weighted by atomic mass is 16.5. The number of aliphatic imine (C=N–C) groups is 1. The summed E-state index contributed by atoms with van der Waals surface area (Å²) in [6, 6.07) is 6.43. The second-order valence-corrected chi connectivity index (χ2v) is 4.71. The molecule has 1 aromatic rings. The van der Waals surface area contributed by atoms with Gasteiger partial charge in [0.25, 0.3) is 0 Å². The third kappa shape index (κ3) is 4.16. The molecule has 0 spiro atoms. The van der Waals surface area contributed by atoms with Gasteiger partial charge >= 0.3 is 0 Å². The fourth-order valence-corrected chi connectivity index (χ4v) is 2.04. The van der Waals surface area contributed by atoms with Crippen molar-refractivity contribution in [3.05, 3.63) is 54.1 Å². The van der Waals surface area contributed by atoms with Gasteiger partial charge in [0.2, 0.25) is 0 Å². The monoisotopic (exact) mass is 272 g/mol. The Morgan fingerprint density at radius 2 is 2.30 bits per heavy atom. The van der Waals surface area contributed by atoms with E-state index in [4.69, 9.17) is 15.2 Å². The molecule has 0 aromatic heterocycles. The van der Waals surface area contributed by atoms with Crippen LogP contribution >= 0.6 is 0 Å². The number of fused-ring (bicyclic) bond motifs is 1. The molecule has 1 aliphatic rings. The number of rotatable bonds is 7. The molecule has 0 atom stereocenters. The summed E-state index contributed by atoms with van der Waals surface area (Å²) >= 11 is 0. The van der Waals surface area contributed by atoms with Gasteiger partial charge < -0.3 is 15.2 Å². The van der Waals surface area contributed by atoms with Gasteiger partial charge in [-0.1, -0.05) is 25.3 Å². The van der Waals surface area contributed by atoms with Crippen LogP contribution in [0.5, 0.6) is 5.75 Å². The van der Waals surface area contributed by atoms with E-state index in [1.807, 2.05) is 0 Å². The van der Waals surface area contributed by atoms with E-state index < -0.39 is 0 Å². The lowest BCUT2D eigenvalue weighted by Crippen LogP contribution is -1.99. The van der Waals surface area contributed by atoms with Crippen LogP contribution in [0.15, 0.2) is 47.9 Å². The molecule has 2 rings (SSSR count). The minimum absolute atomic E-state index is 0.243. The molecule has 2 N–H and O–H groups in total. The molecule has 4 nitrogen and oxygen atoms in total. The second kappa shape index (κ2) is 6.80. The maximum Gasteiger partial charge on any atom is 0.130 e. The topological polar surface area (TPSA) is 56.8 Å². The number of ether oxygens (including phenoxy) is 2. The molecule has 4 heteroatoms. The highest BCUT2D eigenvalue weighted by Crippen LogP contribution is 2.26. The lowest BCUT2D eigenvalue weighted by molar-refractivity contribution is 0.230. The van der Waals surface area contributed by atoms with Gasteiger partial charge in [0.1, 0.15) is 17.3 Å². The normalized spacial score (nSPS) is 13.0. The molecule has 0 saturated carbocycles. The number of allylic oxidation sites excluding steroid dienone is 1. The van der Waals surface area contributed by atoms with Crippen LogP contribution < -0.4 is 10.5 Å². The third-order valence-corrected chi connectivity index (χ3v) is 3.03. The Labute approximate surface area is 119 Å². The third-order valence-electron chi connectivity index (χ3n) is 3.03. The fraction of sp³-hybridized carbons (Fsp3) is 0.312. The van der Waals surface area contributed by atoms with Crippen molar-refractivity contribution < 1.29 is 9.47 Å². The van der Waals surface area contributed by atoms with E-state index in [-0.39, 0.29) is 5.82 Å². The smallest absolute Gasteiger partial charge is 0.130 e. The Balaban J connectivity index is 1.71. The first kappa shape index (κ1) is 14.2. The van der Waals surface area contributed by atoms with E-state index in [1.54, 1.807) is 0 Å². The zero-order valence-electron chi connectivity index (χ0n) is 11.6. The summed E-state index contributed by atoms with van der Waals surface area (Å²) in [7, 11) is 0.